The highest BCUT2D eigenvalue weighted by Crippen LogP contribution is 2.37. The van der Waals surface area contributed by atoms with Gasteiger partial charge in [-0.1, -0.05) is 11.6 Å². The molecule has 4 rings (SSSR count). The minimum absolute atomic E-state index is 0.317. The molecule has 7 nitrogen and oxygen atoms in total. The molecule has 1 aromatic heterocycles. The summed E-state index contributed by atoms with van der Waals surface area (Å²) in [6.07, 6.45) is 1.49. The zero-order valence-electron chi connectivity index (χ0n) is 18.9. The van der Waals surface area contributed by atoms with Gasteiger partial charge in [-0.15, -0.1) is 11.3 Å². The predicted molar refractivity (Wildman–Crippen MR) is 137 cm³/mol. The zero-order valence-corrected chi connectivity index (χ0v) is 20.5. The van der Waals surface area contributed by atoms with Gasteiger partial charge >= 0.3 is 5.97 Å². The fourth-order valence-corrected chi connectivity index (χ4v) is 4.59. The van der Waals surface area contributed by atoms with Crippen LogP contribution in [0.25, 0.3) is 10.1 Å². The molecule has 1 heterocycles. The number of carbonyl (C=O) groups is 2. The molecule has 0 unspecified atom stereocenters. The van der Waals surface area contributed by atoms with Gasteiger partial charge in [0.05, 0.1) is 25.0 Å². The summed E-state index contributed by atoms with van der Waals surface area (Å²) in [5.74, 6) is 0.856. The van der Waals surface area contributed by atoms with E-state index < -0.39 is 5.97 Å². The smallest absolute Gasteiger partial charge is 0.355 e. The van der Waals surface area contributed by atoms with Crippen LogP contribution in [0.2, 0.25) is 5.02 Å². The minimum atomic E-state index is -0.542. The molecule has 0 bridgehead atoms. The number of hydrazone groups is 1. The van der Waals surface area contributed by atoms with Crippen molar-refractivity contribution in [2.45, 2.75) is 6.92 Å². The van der Waals surface area contributed by atoms with E-state index in [9.17, 15) is 9.59 Å². The van der Waals surface area contributed by atoms with Crippen LogP contribution in [0.5, 0.6) is 17.2 Å². The van der Waals surface area contributed by atoms with Crippen molar-refractivity contribution in [2.75, 3.05) is 13.7 Å². The van der Waals surface area contributed by atoms with Crippen molar-refractivity contribution < 1.29 is 23.8 Å². The molecule has 1 N–H and O–H groups in total. The van der Waals surface area contributed by atoms with Crippen LogP contribution in [0, 0.1) is 0 Å². The zero-order chi connectivity index (χ0) is 24.8. The number of hydrogen-bond donors (Lipinski definition) is 1. The molecule has 9 heteroatoms. The number of amides is 1. The van der Waals surface area contributed by atoms with Gasteiger partial charge in [-0.25, -0.2) is 10.2 Å². The molecular formula is C26H21ClN2O5S. The molecule has 178 valence electrons. The number of nitrogens with zero attached hydrogens (tertiary/aromatic N) is 1. The average molecular weight is 509 g/mol. The van der Waals surface area contributed by atoms with Crippen LogP contribution in [0.3, 0.4) is 0 Å². The molecule has 3 aromatic carbocycles. The van der Waals surface area contributed by atoms with Crippen LogP contribution in [0.15, 0.2) is 71.8 Å². The molecule has 0 aliphatic carbocycles. The molecule has 1 amide bonds. The first kappa shape index (κ1) is 24.3. The minimum Gasteiger partial charge on any atom is -0.497 e. The number of benzene rings is 3. The Morgan fingerprint density at radius 1 is 1.00 bits per heavy atom. The number of esters is 1. The van der Waals surface area contributed by atoms with Crippen molar-refractivity contribution in [3.05, 3.63) is 87.8 Å². The van der Waals surface area contributed by atoms with Gasteiger partial charge in [-0.3, -0.25) is 4.79 Å². The van der Waals surface area contributed by atoms with Crippen molar-refractivity contribution in [1.82, 2.24) is 5.43 Å². The monoisotopic (exact) mass is 508 g/mol. The lowest BCUT2D eigenvalue weighted by Crippen LogP contribution is -2.17. The fraction of sp³-hybridized carbons (Fsp3) is 0.115. The summed E-state index contributed by atoms with van der Waals surface area (Å²) in [4.78, 5) is 25.2. The van der Waals surface area contributed by atoms with Crippen molar-refractivity contribution in [3.63, 3.8) is 0 Å². The Labute approximate surface area is 210 Å². The van der Waals surface area contributed by atoms with Crippen molar-refractivity contribution in [1.29, 1.82) is 0 Å². The number of carbonyl (C=O) groups excluding carboxylic acids is 2. The molecule has 0 saturated heterocycles. The second kappa shape index (κ2) is 11.0. The highest BCUT2D eigenvalue weighted by Gasteiger charge is 2.19. The largest absolute Gasteiger partial charge is 0.497 e. The van der Waals surface area contributed by atoms with Gasteiger partial charge in [0, 0.05) is 15.6 Å². The van der Waals surface area contributed by atoms with Gasteiger partial charge < -0.3 is 14.2 Å². The Morgan fingerprint density at radius 3 is 2.37 bits per heavy atom. The fourth-order valence-electron chi connectivity index (χ4n) is 3.18. The van der Waals surface area contributed by atoms with E-state index in [0.717, 1.165) is 10.1 Å². The van der Waals surface area contributed by atoms with Crippen molar-refractivity contribution in [2.24, 2.45) is 5.10 Å². The summed E-state index contributed by atoms with van der Waals surface area (Å²) in [7, 11) is 1.58. The summed E-state index contributed by atoms with van der Waals surface area (Å²) < 4.78 is 16.9. The van der Waals surface area contributed by atoms with Gasteiger partial charge in [-0.05, 0) is 79.2 Å². The van der Waals surface area contributed by atoms with E-state index in [2.05, 4.69) is 10.5 Å². The quantitative estimate of drug-likeness (QED) is 0.138. The number of hydrogen-bond acceptors (Lipinski definition) is 7. The summed E-state index contributed by atoms with van der Waals surface area (Å²) in [5, 5.41) is 5.09. The van der Waals surface area contributed by atoms with E-state index in [1.165, 1.54) is 17.6 Å². The van der Waals surface area contributed by atoms with E-state index in [1.807, 2.05) is 19.1 Å². The normalized spacial score (nSPS) is 10.9. The third-order valence-corrected chi connectivity index (χ3v) is 6.56. The molecule has 0 radical (unpaired) electrons. The molecule has 0 spiro atoms. The van der Waals surface area contributed by atoms with E-state index in [-0.39, 0.29) is 5.91 Å². The topological polar surface area (TPSA) is 86.2 Å². The summed E-state index contributed by atoms with van der Waals surface area (Å²) in [6.45, 7) is 2.45. The van der Waals surface area contributed by atoms with Crippen LogP contribution in [-0.2, 0) is 0 Å². The van der Waals surface area contributed by atoms with E-state index in [4.69, 9.17) is 25.8 Å². The first-order valence-electron chi connectivity index (χ1n) is 10.6. The van der Waals surface area contributed by atoms with Gasteiger partial charge in [0.2, 0.25) is 0 Å². The second-order valence-corrected chi connectivity index (χ2v) is 8.65. The van der Waals surface area contributed by atoms with Crippen LogP contribution >= 0.6 is 22.9 Å². The third kappa shape index (κ3) is 5.79. The van der Waals surface area contributed by atoms with E-state index in [0.29, 0.717) is 44.9 Å². The first-order chi connectivity index (χ1) is 17.0. The molecule has 4 aromatic rings. The standard InChI is InChI=1S/C26H21ClN2O5S/c1-3-33-18-10-6-17(7-11-18)25(30)29-28-15-16-4-8-19(9-5-16)34-26(31)24-23(27)21-13-12-20(32-2)14-22(21)35-24/h4-15H,3H2,1-2H3,(H,29,30)/b28-15+. The molecule has 0 fully saturated rings. The predicted octanol–water partition coefficient (Wildman–Crippen LogP) is 5.95. The highest BCUT2D eigenvalue weighted by atomic mass is 35.5. The second-order valence-electron chi connectivity index (χ2n) is 7.22. The number of thiophene rings is 1. The van der Waals surface area contributed by atoms with E-state index >= 15 is 0 Å². The van der Waals surface area contributed by atoms with Crippen LogP contribution in [0.1, 0.15) is 32.5 Å². The maximum absolute atomic E-state index is 12.7. The van der Waals surface area contributed by atoms with Crippen LogP contribution < -0.4 is 19.6 Å². The number of rotatable bonds is 8. The van der Waals surface area contributed by atoms with Gasteiger partial charge in [-0.2, -0.15) is 5.10 Å². The Bertz CT molecular complexity index is 1380. The Balaban J connectivity index is 1.36. The molecule has 0 aliphatic rings. The third-order valence-electron chi connectivity index (χ3n) is 4.92. The lowest BCUT2D eigenvalue weighted by Gasteiger charge is -2.04. The molecular weight excluding hydrogens is 488 g/mol. The first-order valence-corrected chi connectivity index (χ1v) is 11.8. The van der Waals surface area contributed by atoms with E-state index in [1.54, 1.807) is 61.7 Å². The Hall–Kier alpha value is -3.88. The number of halogens is 1. The molecule has 0 saturated carbocycles. The Kier molecular flexibility index (Phi) is 7.64. The number of methoxy groups -OCH3 is 1. The maximum atomic E-state index is 12.7. The summed E-state index contributed by atoms with van der Waals surface area (Å²) in [6, 6.07) is 18.9. The highest BCUT2D eigenvalue weighted by molar-refractivity contribution is 7.21. The SMILES string of the molecule is CCOc1ccc(C(=O)N/N=C/c2ccc(OC(=O)c3sc4cc(OC)ccc4c3Cl)cc2)cc1. The van der Waals surface area contributed by atoms with Crippen molar-refractivity contribution in [3.8, 4) is 17.2 Å². The molecule has 0 atom stereocenters. The van der Waals surface area contributed by atoms with Gasteiger partial charge in [0.25, 0.3) is 5.91 Å². The lowest BCUT2D eigenvalue weighted by molar-refractivity contribution is 0.0739. The lowest BCUT2D eigenvalue weighted by atomic mass is 10.2. The number of ether oxygens (including phenoxy) is 3. The molecule has 0 aliphatic heterocycles. The van der Waals surface area contributed by atoms with Crippen LogP contribution in [0.4, 0.5) is 0 Å². The number of fused-ring (bicyclic) bond motifs is 1. The van der Waals surface area contributed by atoms with Crippen molar-refractivity contribution >= 4 is 51.1 Å². The summed E-state index contributed by atoms with van der Waals surface area (Å²) in [5.41, 5.74) is 3.65. The number of nitrogens with one attached hydrogen (secondary N) is 1. The van der Waals surface area contributed by atoms with Gasteiger partial charge in [0.15, 0.2) is 0 Å². The average Bonchev–Trinajstić information content (AvgIpc) is 3.21. The van der Waals surface area contributed by atoms with Gasteiger partial charge in [0.1, 0.15) is 22.1 Å². The molecule has 35 heavy (non-hydrogen) atoms. The maximum Gasteiger partial charge on any atom is 0.355 e. The summed E-state index contributed by atoms with van der Waals surface area (Å²) >= 11 is 7.64. The van der Waals surface area contributed by atoms with Crippen LogP contribution in [-0.4, -0.2) is 31.8 Å². The Morgan fingerprint density at radius 2 is 1.69 bits per heavy atom.